The quantitative estimate of drug-likeness (QED) is 0.515. The number of nitrogens with one attached hydrogen (secondary N) is 1. The molecule has 33 heavy (non-hydrogen) atoms. The average Bonchev–Trinajstić information content (AvgIpc) is 3.38. The van der Waals surface area contributed by atoms with Gasteiger partial charge in [-0.1, -0.05) is 49.8 Å². The van der Waals surface area contributed by atoms with Crippen LogP contribution >= 0.6 is 0 Å². The predicted octanol–water partition coefficient (Wildman–Crippen LogP) is 5.67. The van der Waals surface area contributed by atoms with Gasteiger partial charge >= 0.3 is 0 Å². The lowest BCUT2D eigenvalue weighted by Crippen LogP contribution is -2.34. The van der Waals surface area contributed by atoms with Crippen LogP contribution in [0, 0.1) is 11.3 Å². The molecule has 3 atom stereocenters. The van der Waals surface area contributed by atoms with E-state index in [0.29, 0.717) is 12.3 Å². The standard InChI is InChI=1S/C28H32N4O/c1-3-8-27(33)31-25(20-9-5-4-6-10-20)15-22-12-13-23-16-26-21(17-28(22,23)2)18-30-32(26)24-11-7-14-29-19-24/h4-7,9-11,14,16,18-19,22,25H,3,8,12-13,15,17H2,1-2H3,(H,31,33)/t22-,25?,28-/m1/s1. The minimum Gasteiger partial charge on any atom is -0.349 e. The van der Waals surface area contributed by atoms with Gasteiger partial charge in [-0.2, -0.15) is 5.10 Å². The number of nitrogens with zero attached hydrogens (tertiary/aromatic N) is 3. The van der Waals surface area contributed by atoms with E-state index in [2.05, 4.69) is 54.5 Å². The normalized spacial score (nSPS) is 22.2. The van der Waals surface area contributed by atoms with Crippen LogP contribution < -0.4 is 5.32 Å². The van der Waals surface area contributed by atoms with E-state index in [1.54, 1.807) is 6.20 Å². The van der Waals surface area contributed by atoms with Gasteiger partial charge in [0, 0.05) is 12.6 Å². The fraction of sp³-hybridized carbons (Fsp3) is 0.393. The minimum atomic E-state index is 0.0472. The van der Waals surface area contributed by atoms with E-state index < -0.39 is 0 Å². The van der Waals surface area contributed by atoms with Crippen molar-refractivity contribution in [2.75, 3.05) is 0 Å². The van der Waals surface area contributed by atoms with E-state index >= 15 is 0 Å². The van der Waals surface area contributed by atoms with E-state index in [1.807, 2.05) is 35.3 Å². The predicted molar refractivity (Wildman–Crippen MR) is 131 cm³/mol. The number of rotatable bonds is 7. The highest BCUT2D eigenvalue weighted by Gasteiger charge is 2.46. The maximum absolute atomic E-state index is 12.5. The molecule has 2 aromatic heterocycles. The highest BCUT2D eigenvalue weighted by molar-refractivity contribution is 5.76. The molecule has 1 saturated carbocycles. The van der Waals surface area contributed by atoms with Crippen LogP contribution in [0.25, 0.3) is 11.8 Å². The molecule has 5 heteroatoms. The second-order valence-corrected chi connectivity index (χ2v) is 9.69. The van der Waals surface area contributed by atoms with Crippen molar-refractivity contribution in [2.45, 2.75) is 58.4 Å². The molecule has 1 fully saturated rings. The Labute approximate surface area is 195 Å². The zero-order valence-corrected chi connectivity index (χ0v) is 19.5. The molecule has 1 N–H and O–H groups in total. The highest BCUT2D eigenvalue weighted by atomic mass is 16.1. The lowest BCUT2D eigenvalue weighted by atomic mass is 9.68. The van der Waals surface area contributed by atoms with Crippen molar-refractivity contribution in [3.63, 3.8) is 0 Å². The Morgan fingerprint density at radius 3 is 2.82 bits per heavy atom. The third-order valence-corrected chi connectivity index (χ3v) is 7.58. The fourth-order valence-electron chi connectivity index (χ4n) is 5.74. The Morgan fingerprint density at radius 1 is 1.21 bits per heavy atom. The Bertz CT molecular complexity index is 1150. The molecule has 2 aliphatic carbocycles. The summed E-state index contributed by atoms with van der Waals surface area (Å²) < 4.78 is 2.01. The molecule has 2 heterocycles. The topological polar surface area (TPSA) is 59.8 Å². The van der Waals surface area contributed by atoms with Crippen LogP contribution in [0.3, 0.4) is 0 Å². The van der Waals surface area contributed by atoms with Crippen molar-refractivity contribution in [3.05, 3.63) is 83.4 Å². The summed E-state index contributed by atoms with van der Waals surface area (Å²) in [4.78, 5) is 16.8. The van der Waals surface area contributed by atoms with E-state index in [4.69, 9.17) is 5.10 Å². The summed E-state index contributed by atoms with van der Waals surface area (Å²) in [5, 5.41) is 8.03. The Morgan fingerprint density at radius 2 is 2.06 bits per heavy atom. The molecular formula is C28H32N4O. The number of carbonyl (C=O) groups is 1. The number of amides is 1. The number of pyridine rings is 1. The van der Waals surface area contributed by atoms with E-state index in [1.165, 1.54) is 22.4 Å². The maximum Gasteiger partial charge on any atom is 0.220 e. The molecule has 3 aromatic rings. The summed E-state index contributed by atoms with van der Waals surface area (Å²) >= 11 is 0. The van der Waals surface area contributed by atoms with Crippen LogP contribution in [-0.4, -0.2) is 20.7 Å². The third-order valence-electron chi connectivity index (χ3n) is 7.58. The van der Waals surface area contributed by atoms with Crippen molar-refractivity contribution in [1.29, 1.82) is 0 Å². The van der Waals surface area contributed by atoms with Gasteiger partial charge in [0.05, 0.1) is 29.8 Å². The van der Waals surface area contributed by atoms with Crippen LogP contribution in [0.1, 0.15) is 68.8 Å². The molecule has 0 spiro atoms. The first-order chi connectivity index (χ1) is 16.1. The van der Waals surface area contributed by atoms with Gasteiger partial charge in [-0.25, -0.2) is 4.68 Å². The zero-order valence-electron chi connectivity index (χ0n) is 19.5. The summed E-state index contributed by atoms with van der Waals surface area (Å²) in [5.74, 6) is 0.653. The van der Waals surface area contributed by atoms with Crippen LogP contribution in [0.4, 0.5) is 0 Å². The van der Waals surface area contributed by atoms with Crippen molar-refractivity contribution < 1.29 is 4.79 Å². The number of benzene rings is 1. The van der Waals surface area contributed by atoms with Gasteiger partial charge < -0.3 is 5.32 Å². The smallest absolute Gasteiger partial charge is 0.220 e. The Balaban J connectivity index is 1.41. The van der Waals surface area contributed by atoms with Gasteiger partial charge in [0.15, 0.2) is 0 Å². The number of carbonyl (C=O) groups excluding carboxylic acids is 1. The largest absolute Gasteiger partial charge is 0.349 e. The van der Waals surface area contributed by atoms with Gasteiger partial charge in [-0.15, -0.1) is 0 Å². The van der Waals surface area contributed by atoms with E-state index in [-0.39, 0.29) is 17.4 Å². The van der Waals surface area contributed by atoms with Crippen molar-refractivity contribution in [1.82, 2.24) is 20.1 Å². The van der Waals surface area contributed by atoms with Crippen molar-refractivity contribution in [3.8, 4) is 5.69 Å². The molecule has 170 valence electrons. The van der Waals surface area contributed by atoms with Crippen LogP contribution in [0.15, 0.2) is 66.6 Å². The van der Waals surface area contributed by atoms with E-state index in [0.717, 1.165) is 37.8 Å². The summed E-state index contributed by atoms with van der Waals surface area (Å²) in [6.07, 6.45) is 13.7. The second kappa shape index (κ2) is 8.97. The SMILES string of the molecule is CCCC(=O)NC(C[C@H]1CCC2=Cc3c(cnn3-c3cccnc3)C[C@@]21C)c1ccccc1. The van der Waals surface area contributed by atoms with Crippen LogP contribution in [0.5, 0.6) is 0 Å². The second-order valence-electron chi connectivity index (χ2n) is 9.69. The highest BCUT2D eigenvalue weighted by Crippen LogP contribution is 2.55. The lowest BCUT2D eigenvalue weighted by molar-refractivity contribution is -0.122. The van der Waals surface area contributed by atoms with E-state index in [9.17, 15) is 4.79 Å². The maximum atomic E-state index is 12.5. The Kier molecular flexibility index (Phi) is 5.88. The molecule has 1 amide bonds. The van der Waals surface area contributed by atoms with Crippen molar-refractivity contribution >= 4 is 12.0 Å². The third kappa shape index (κ3) is 4.12. The summed E-state index contributed by atoms with van der Waals surface area (Å²) in [5.41, 5.74) is 6.28. The average molecular weight is 441 g/mol. The summed E-state index contributed by atoms with van der Waals surface area (Å²) in [7, 11) is 0. The molecule has 1 unspecified atom stereocenters. The summed E-state index contributed by atoms with van der Waals surface area (Å²) in [6, 6.07) is 14.5. The number of hydrogen-bond donors (Lipinski definition) is 1. The number of fused-ring (bicyclic) bond motifs is 2. The number of allylic oxidation sites excluding steroid dienone is 1. The minimum absolute atomic E-state index is 0.0472. The fourth-order valence-corrected chi connectivity index (χ4v) is 5.74. The molecular weight excluding hydrogens is 408 g/mol. The molecule has 2 aliphatic rings. The monoisotopic (exact) mass is 440 g/mol. The van der Waals surface area contributed by atoms with Gasteiger partial charge in [0.2, 0.25) is 5.91 Å². The zero-order chi connectivity index (χ0) is 22.8. The molecule has 5 nitrogen and oxygen atoms in total. The van der Waals surface area contributed by atoms with Crippen LogP contribution in [0.2, 0.25) is 0 Å². The van der Waals surface area contributed by atoms with Gasteiger partial charge in [-0.3, -0.25) is 9.78 Å². The molecule has 5 rings (SSSR count). The first-order valence-corrected chi connectivity index (χ1v) is 12.1. The summed E-state index contributed by atoms with van der Waals surface area (Å²) in [6.45, 7) is 4.47. The molecule has 0 radical (unpaired) electrons. The number of aromatic nitrogens is 3. The molecule has 1 aromatic carbocycles. The molecule has 0 saturated heterocycles. The number of hydrogen-bond acceptors (Lipinski definition) is 3. The van der Waals surface area contributed by atoms with Crippen LogP contribution in [-0.2, 0) is 11.2 Å². The van der Waals surface area contributed by atoms with Gasteiger partial charge in [-0.05, 0) is 72.8 Å². The Hall–Kier alpha value is -3.21. The van der Waals surface area contributed by atoms with Gasteiger partial charge in [0.1, 0.15) is 0 Å². The first kappa shape index (κ1) is 21.6. The van der Waals surface area contributed by atoms with Crippen molar-refractivity contribution in [2.24, 2.45) is 11.3 Å². The van der Waals surface area contributed by atoms with Gasteiger partial charge in [0.25, 0.3) is 0 Å². The molecule has 0 aliphatic heterocycles. The molecule has 0 bridgehead atoms. The first-order valence-electron chi connectivity index (χ1n) is 12.1. The lowest BCUT2D eigenvalue weighted by Gasteiger charge is -2.37.